The molecule has 0 saturated heterocycles. The molecule has 5 nitrogen and oxygen atoms in total. The van der Waals surface area contributed by atoms with E-state index in [4.69, 9.17) is 5.73 Å². The van der Waals surface area contributed by atoms with E-state index < -0.39 is 5.91 Å². The zero-order valence-electron chi connectivity index (χ0n) is 7.46. The van der Waals surface area contributed by atoms with Gasteiger partial charge in [0.05, 0.1) is 13.1 Å². The molecule has 0 heterocycles. The molecule has 0 radical (unpaired) electrons. The Hall–Kier alpha value is -1.10. The molecule has 0 saturated carbocycles. The Kier molecular flexibility index (Phi) is 5.03. The third kappa shape index (κ3) is 3.92. The molecular weight excluding hydrogens is 158 g/mol. The molecule has 2 amide bonds. The van der Waals surface area contributed by atoms with Crippen molar-refractivity contribution in [3.63, 3.8) is 0 Å². The summed E-state index contributed by atoms with van der Waals surface area (Å²) in [6, 6.07) is 0. The minimum absolute atomic E-state index is 0.00296. The van der Waals surface area contributed by atoms with Crippen LogP contribution in [0.15, 0.2) is 0 Å². The van der Waals surface area contributed by atoms with Crippen molar-refractivity contribution in [2.45, 2.75) is 6.92 Å². The SMILES string of the molecule is CCN(CC(N)=O)C(=O)CNC. The van der Waals surface area contributed by atoms with Gasteiger partial charge in [0.15, 0.2) is 0 Å². The average Bonchev–Trinajstić information content (AvgIpc) is 2.00. The lowest BCUT2D eigenvalue weighted by molar-refractivity contribution is -0.134. The Morgan fingerprint density at radius 3 is 2.42 bits per heavy atom. The first kappa shape index (κ1) is 10.9. The number of likely N-dealkylation sites (N-methyl/N-ethyl adjacent to an activating group) is 2. The van der Waals surface area contributed by atoms with Gasteiger partial charge in [-0.3, -0.25) is 9.59 Å². The maximum absolute atomic E-state index is 11.2. The van der Waals surface area contributed by atoms with Crippen LogP contribution in [0.1, 0.15) is 6.92 Å². The van der Waals surface area contributed by atoms with Gasteiger partial charge in [0.1, 0.15) is 0 Å². The van der Waals surface area contributed by atoms with Gasteiger partial charge in [-0.2, -0.15) is 0 Å². The van der Waals surface area contributed by atoms with Crippen LogP contribution in [0.4, 0.5) is 0 Å². The summed E-state index contributed by atoms with van der Waals surface area (Å²) in [5.41, 5.74) is 4.95. The molecule has 0 unspecified atom stereocenters. The zero-order valence-corrected chi connectivity index (χ0v) is 7.46. The number of rotatable bonds is 5. The summed E-state index contributed by atoms with van der Waals surface area (Å²) in [6.07, 6.45) is 0. The van der Waals surface area contributed by atoms with Crippen molar-refractivity contribution < 1.29 is 9.59 Å². The number of amides is 2. The number of nitrogens with two attached hydrogens (primary N) is 1. The highest BCUT2D eigenvalue weighted by Crippen LogP contribution is 1.87. The predicted octanol–water partition coefficient (Wildman–Crippen LogP) is -1.46. The van der Waals surface area contributed by atoms with Crippen molar-refractivity contribution in [2.75, 3.05) is 26.7 Å². The molecule has 0 aromatic rings. The Morgan fingerprint density at radius 2 is 2.08 bits per heavy atom. The fraction of sp³-hybridized carbons (Fsp3) is 0.714. The molecule has 0 bridgehead atoms. The van der Waals surface area contributed by atoms with Crippen LogP contribution < -0.4 is 11.1 Å². The van der Waals surface area contributed by atoms with Crippen LogP contribution in [0.3, 0.4) is 0 Å². The third-order valence-corrected chi connectivity index (χ3v) is 1.41. The van der Waals surface area contributed by atoms with E-state index in [1.807, 2.05) is 0 Å². The minimum atomic E-state index is -0.485. The van der Waals surface area contributed by atoms with Crippen molar-refractivity contribution in [1.82, 2.24) is 10.2 Å². The number of hydrogen-bond acceptors (Lipinski definition) is 3. The Balaban J connectivity index is 3.96. The van der Waals surface area contributed by atoms with Crippen molar-refractivity contribution in [3.8, 4) is 0 Å². The van der Waals surface area contributed by atoms with E-state index in [0.717, 1.165) is 0 Å². The summed E-state index contributed by atoms with van der Waals surface area (Å²) >= 11 is 0. The van der Waals surface area contributed by atoms with Crippen molar-refractivity contribution >= 4 is 11.8 Å². The normalized spacial score (nSPS) is 9.50. The summed E-state index contributed by atoms with van der Waals surface area (Å²) in [6.45, 7) is 2.54. The second-order valence-corrected chi connectivity index (χ2v) is 2.40. The molecule has 0 aliphatic rings. The van der Waals surface area contributed by atoms with Gasteiger partial charge in [0.25, 0.3) is 0 Å². The van der Waals surface area contributed by atoms with E-state index in [1.165, 1.54) is 4.90 Å². The number of primary amides is 1. The lowest BCUT2D eigenvalue weighted by Crippen LogP contribution is -2.42. The molecule has 12 heavy (non-hydrogen) atoms. The highest BCUT2D eigenvalue weighted by molar-refractivity contribution is 5.84. The van der Waals surface area contributed by atoms with E-state index in [2.05, 4.69) is 5.32 Å². The maximum Gasteiger partial charge on any atom is 0.237 e. The lowest BCUT2D eigenvalue weighted by atomic mass is 10.4. The van der Waals surface area contributed by atoms with Crippen molar-refractivity contribution in [3.05, 3.63) is 0 Å². The van der Waals surface area contributed by atoms with Crippen LogP contribution >= 0.6 is 0 Å². The highest BCUT2D eigenvalue weighted by Gasteiger charge is 2.11. The summed E-state index contributed by atoms with van der Waals surface area (Å²) < 4.78 is 0. The molecule has 70 valence electrons. The minimum Gasteiger partial charge on any atom is -0.368 e. The second-order valence-electron chi connectivity index (χ2n) is 2.40. The smallest absolute Gasteiger partial charge is 0.237 e. The molecule has 0 aliphatic heterocycles. The number of carbonyl (C=O) groups excluding carboxylic acids is 2. The molecule has 0 fully saturated rings. The van der Waals surface area contributed by atoms with Gasteiger partial charge in [-0.15, -0.1) is 0 Å². The van der Waals surface area contributed by atoms with Crippen LogP contribution in [0.25, 0.3) is 0 Å². The molecule has 0 rings (SSSR count). The molecule has 5 heteroatoms. The first-order valence-electron chi connectivity index (χ1n) is 3.82. The van der Waals surface area contributed by atoms with E-state index in [1.54, 1.807) is 14.0 Å². The Labute approximate surface area is 71.9 Å². The second kappa shape index (κ2) is 5.54. The number of nitrogens with zero attached hydrogens (tertiary/aromatic N) is 1. The quantitative estimate of drug-likeness (QED) is 0.533. The van der Waals surface area contributed by atoms with Gasteiger partial charge in [0, 0.05) is 6.54 Å². The molecule has 0 aliphatic carbocycles. The fourth-order valence-electron chi connectivity index (χ4n) is 0.827. The van der Waals surface area contributed by atoms with Gasteiger partial charge < -0.3 is 16.0 Å². The van der Waals surface area contributed by atoms with Crippen LogP contribution in [-0.4, -0.2) is 43.4 Å². The van der Waals surface area contributed by atoms with Crippen LogP contribution in [0.2, 0.25) is 0 Å². The van der Waals surface area contributed by atoms with Crippen molar-refractivity contribution in [2.24, 2.45) is 5.73 Å². The van der Waals surface area contributed by atoms with Gasteiger partial charge in [0.2, 0.25) is 11.8 Å². The zero-order chi connectivity index (χ0) is 9.56. The molecule has 3 N–H and O–H groups in total. The van der Waals surface area contributed by atoms with Crippen LogP contribution in [0, 0.1) is 0 Å². The van der Waals surface area contributed by atoms with Gasteiger partial charge in [-0.25, -0.2) is 0 Å². The molecule has 0 spiro atoms. The third-order valence-electron chi connectivity index (χ3n) is 1.41. The highest BCUT2D eigenvalue weighted by atomic mass is 16.2. The van der Waals surface area contributed by atoms with Gasteiger partial charge >= 0.3 is 0 Å². The first-order valence-corrected chi connectivity index (χ1v) is 3.82. The fourth-order valence-corrected chi connectivity index (χ4v) is 0.827. The summed E-state index contributed by atoms with van der Waals surface area (Å²) in [4.78, 5) is 23.1. The molecule has 0 atom stereocenters. The predicted molar refractivity (Wildman–Crippen MR) is 45.4 cm³/mol. The van der Waals surface area contributed by atoms with E-state index >= 15 is 0 Å². The lowest BCUT2D eigenvalue weighted by Gasteiger charge is -2.18. The van der Waals surface area contributed by atoms with Crippen LogP contribution in [-0.2, 0) is 9.59 Å². The topological polar surface area (TPSA) is 75.4 Å². The summed E-state index contributed by atoms with van der Waals surface area (Å²) in [5.74, 6) is -0.597. The first-order chi connectivity index (χ1) is 5.61. The summed E-state index contributed by atoms with van der Waals surface area (Å²) in [7, 11) is 1.68. The monoisotopic (exact) mass is 173 g/mol. The number of carbonyl (C=O) groups is 2. The molecule has 0 aromatic heterocycles. The van der Waals surface area contributed by atoms with Crippen LogP contribution in [0.5, 0.6) is 0 Å². The van der Waals surface area contributed by atoms with E-state index in [-0.39, 0.29) is 19.0 Å². The van der Waals surface area contributed by atoms with Gasteiger partial charge in [-0.05, 0) is 14.0 Å². The Morgan fingerprint density at radius 1 is 1.50 bits per heavy atom. The summed E-state index contributed by atoms with van der Waals surface area (Å²) in [5, 5.41) is 2.71. The standard InChI is InChI=1S/C7H15N3O2/c1-3-10(5-6(8)11)7(12)4-9-2/h9H,3-5H2,1-2H3,(H2,8,11). The number of hydrogen-bond donors (Lipinski definition) is 2. The largest absolute Gasteiger partial charge is 0.368 e. The maximum atomic E-state index is 11.2. The average molecular weight is 173 g/mol. The molecule has 0 aromatic carbocycles. The van der Waals surface area contributed by atoms with Gasteiger partial charge in [-0.1, -0.05) is 0 Å². The van der Waals surface area contributed by atoms with E-state index in [0.29, 0.717) is 6.54 Å². The van der Waals surface area contributed by atoms with E-state index in [9.17, 15) is 9.59 Å². The molecular formula is C7H15N3O2. The Bertz CT molecular complexity index is 170. The number of nitrogens with one attached hydrogen (secondary N) is 1. The van der Waals surface area contributed by atoms with Crippen molar-refractivity contribution in [1.29, 1.82) is 0 Å².